The Balaban J connectivity index is 1.56. The zero-order chi connectivity index (χ0) is 20.5. The van der Waals surface area contributed by atoms with Gasteiger partial charge in [0.25, 0.3) is 5.91 Å². The molecule has 3 rings (SSSR count). The molecule has 0 saturated heterocycles. The van der Waals surface area contributed by atoms with E-state index in [4.69, 9.17) is 4.74 Å². The van der Waals surface area contributed by atoms with Crippen molar-refractivity contribution in [1.82, 2.24) is 15.1 Å². The number of aromatic nitrogens is 2. The molecule has 0 unspecified atom stereocenters. The van der Waals surface area contributed by atoms with Crippen molar-refractivity contribution in [3.8, 4) is 5.75 Å². The average molecular weight is 390 g/mol. The van der Waals surface area contributed by atoms with E-state index in [1.165, 1.54) is 0 Å². The fraction of sp³-hybridized carbons (Fsp3) is 0.261. The summed E-state index contributed by atoms with van der Waals surface area (Å²) in [5, 5.41) is 11.5. The van der Waals surface area contributed by atoms with Crippen LogP contribution in [0.15, 0.2) is 66.7 Å². The lowest BCUT2D eigenvalue weighted by atomic mass is 10.1. The maximum atomic E-state index is 12.8. The highest BCUT2D eigenvalue weighted by atomic mass is 16.5. The molecule has 0 fully saturated rings. The Morgan fingerprint density at radius 2 is 1.76 bits per heavy atom. The summed E-state index contributed by atoms with van der Waals surface area (Å²) in [5.41, 5.74) is 2.56. The van der Waals surface area contributed by atoms with Crippen molar-refractivity contribution >= 4 is 11.7 Å². The second-order valence-electron chi connectivity index (χ2n) is 6.60. The quantitative estimate of drug-likeness (QED) is 0.602. The second-order valence-corrected chi connectivity index (χ2v) is 6.60. The minimum atomic E-state index is -0.121. The molecule has 150 valence electrons. The fourth-order valence-electron chi connectivity index (χ4n) is 3.07. The summed E-state index contributed by atoms with van der Waals surface area (Å²) in [6.45, 7) is 3.81. The van der Waals surface area contributed by atoms with Crippen LogP contribution in [0.2, 0.25) is 0 Å². The molecule has 0 aliphatic rings. The Morgan fingerprint density at radius 1 is 1.00 bits per heavy atom. The van der Waals surface area contributed by atoms with E-state index in [0.29, 0.717) is 31.1 Å². The summed E-state index contributed by atoms with van der Waals surface area (Å²) in [6.07, 6.45) is 0.799. The third-order valence-corrected chi connectivity index (χ3v) is 4.66. The van der Waals surface area contributed by atoms with E-state index in [0.717, 1.165) is 23.3 Å². The first kappa shape index (κ1) is 20.3. The largest absolute Gasteiger partial charge is 0.496 e. The van der Waals surface area contributed by atoms with Crippen molar-refractivity contribution < 1.29 is 9.53 Å². The number of methoxy groups -OCH3 is 1. The van der Waals surface area contributed by atoms with Crippen LogP contribution in [0.3, 0.4) is 0 Å². The molecule has 0 radical (unpaired) electrons. The Kier molecular flexibility index (Phi) is 7.16. The van der Waals surface area contributed by atoms with E-state index in [9.17, 15) is 4.79 Å². The molecule has 29 heavy (non-hydrogen) atoms. The van der Waals surface area contributed by atoms with Crippen LogP contribution in [0.25, 0.3) is 0 Å². The molecule has 0 atom stereocenters. The van der Waals surface area contributed by atoms with Gasteiger partial charge in [-0.3, -0.25) is 4.79 Å². The van der Waals surface area contributed by atoms with Crippen molar-refractivity contribution in [2.24, 2.45) is 0 Å². The molecular weight excluding hydrogens is 364 g/mol. The smallest absolute Gasteiger partial charge is 0.274 e. The van der Waals surface area contributed by atoms with Crippen molar-refractivity contribution in [2.75, 3.05) is 25.5 Å². The standard InChI is InChI=1S/C23H26N4O2/c1-3-27(17-18-9-5-4-6-10-18)23(28)20-13-14-22(26-25-20)24-16-15-19-11-7-8-12-21(19)29-2/h4-14H,3,15-17H2,1-2H3,(H,24,26). The molecule has 2 aromatic carbocycles. The highest BCUT2D eigenvalue weighted by Gasteiger charge is 2.16. The number of rotatable bonds is 9. The number of para-hydroxylation sites is 1. The van der Waals surface area contributed by atoms with E-state index in [1.807, 2.05) is 61.5 Å². The number of nitrogens with zero attached hydrogens (tertiary/aromatic N) is 3. The maximum Gasteiger partial charge on any atom is 0.274 e. The van der Waals surface area contributed by atoms with Gasteiger partial charge in [0.2, 0.25) is 0 Å². The van der Waals surface area contributed by atoms with Gasteiger partial charge in [0.15, 0.2) is 5.69 Å². The summed E-state index contributed by atoms with van der Waals surface area (Å²) in [5.74, 6) is 1.39. The first-order valence-corrected chi connectivity index (χ1v) is 9.74. The third-order valence-electron chi connectivity index (χ3n) is 4.66. The monoisotopic (exact) mass is 390 g/mol. The van der Waals surface area contributed by atoms with Crippen LogP contribution in [-0.4, -0.2) is 41.2 Å². The fourth-order valence-corrected chi connectivity index (χ4v) is 3.07. The molecule has 1 aromatic heterocycles. The summed E-state index contributed by atoms with van der Waals surface area (Å²) in [4.78, 5) is 14.5. The van der Waals surface area contributed by atoms with E-state index in [1.54, 1.807) is 24.1 Å². The molecule has 0 aliphatic heterocycles. The predicted molar refractivity (Wildman–Crippen MR) is 114 cm³/mol. The van der Waals surface area contributed by atoms with E-state index in [-0.39, 0.29) is 5.91 Å². The number of carbonyl (C=O) groups excluding carboxylic acids is 1. The van der Waals surface area contributed by atoms with Gasteiger partial charge in [-0.1, -0.05) is 48.5 Å². The molecule has 1 N–H and O–H groups in total. The van der Waals surface area contributed by atoms with Gasteiger partial charge in [-0.2, -0.15) is 0 Å². The Bertz CT molecular complexity index is 914. The lowest BCUT2D eigenvalue weighted by Crippen LogP contribution is -2.31. The minimum absolute atomic E-state index is 0.121. The van der Waals surface area contributed by atoms with Gasteiger partial charge < -0.3 is 15.0 Å². The Hall–Kier alpha value is -3.41. The number of anilines is 1. The SMILES string of the molecule is CCN(Cc1ccccc1)C(=O)c1ccc(NCCc2ccccc2OC)nn1. The van der Waals surface area contributed by atoms with Gasteiger partial charge >= 0.3 is 0 Å². The van der Waals surface area contributed by atoms with E-state index in [2.05, 4.69) is 15.5 Å². The molecule has 1 amide bonds. The van der Waals surface area contributed by atoms with Crippen molar-refractivity contribution in [2.45, 2.75) is 19.9 Å². The molecule has 6 nitrogen and oxygen atoms in total. The van der Waals surface area contributed by atoms with Crippen LogP contribution in [-0.2, 0) is 13.0 Å². The molecule has 0 saturated carbocycles. The molecule has 0 bridgehead atoms. The summed E-state index contributed by atoms with van der Waals surface area (Å²) in [7, 11) is 1.67. The van der Waals surface area contributed by atoms with Crippen LogP contribution in [0, 0.1) is 0 Å². The zero-order valence-electron chi connectivity index (χ0n) is 16.8. The minimum Gasteiger partial charge on any atom is -0.496 e. The molecule has 0 spiro atoms. The molecule has 3 aromatic rings. The number of hydrogen-bond acceptors (Lipinski definition) is 5. The number of benzene rings is 2. The van der Waals surface area contributed by atoms with Crippen molar-refractivity contribution in [3.63, 3.8) is 0 Å². The summed E-state index contributed by atoms with van der Waals surface area (Å²) in [6, 6.07) is 21.4. The third kappa shape index (κ3) is 5.54. The summed E-state index contributed by atoms with van der Waals surface area (Å²) < 4.78 is 5.37. The number of nitrogens with one attached hydrogen (secondary N) is 1. The average Bonchev–Trinajstić information content (AvgIpc) is 2.78. The van der Waals surface area contributed by atoms with E-state index >= 15 is 0 Å². The zero-order valence-corrected chi connectivity index (χ0v) is 16.8. The molecule has 0 aliphatic carbocycles. The summed E-state index contributed by atoms with van der Waals surface area (Å²) >= 11 is 0. The lowest BCUT2D eigenvalue weighted by molar-refractivity contribution is 0.0745. The molecular formula is C23H26N4O2. The van der Waals surface area contributed by atoms with Crippen molar-refractivity contribution in [3.05, 3.63) is 83.6 Å². The van der Waals surface area contributed by atoms with Crippen molar-refractivity contribution in [1.29, 1.82) is 0 Å². The Morgan fingerprint density at radius 3 is 2.45 bits per heavy atom. The Labute approximate surface area is 171 Å². The van der Waals surface area contributed by atoms with Crippen LogP contribution < -0.4 is 10.1 Å². The van der Waals surface area contributed by atoms with Crippen LogP contribution in [0.4, 0.5) is 5.82 Å². The highest BCUT2D eigenvalue weighted by molar-refractivity contribution is 5.92. The van der Waals surface area contributed by atoms with Gasteiger partial charge in [0, 0.05) is 19.6 Å². The first-order valence-electron chi connectivity index (χ1n) is 9.74. The van der Waals surface area contributed by atoms with Crippen LogP contribution in [0.5, 0.6) is 5.75 Å². The second kappa shape index (κ2) is 10.2. The van der Waals surface area contributed by atoms with Crippen LogP contribution in [0.1, 0.15) is 28.5 Å². The first-order chi connectivity index (χ1) is 14.2. The van der Waals surface area contributed by atoms with E-state index < -0.39 is 0 Å². The van der Waals surface area contributed by atoms with Gasteiger partial charge in [0.1, 0.15) is 11.6 Å². The molecule has 1 heterocycles. The van der Waals surface area contributed by atoms with Gasteiger partial charge in [-0.25, -0.2) is 0 Å². The number of carbonyl (C=O) groups is 1. The number of ether oxygens (including phenoxy) is 1. The van der Waals surface area contributed by atoms with Gasteiger partial charge in [-0.15, -0.1) is 10.2 Å². The van der Waals surface area contributed by atoms with Gasteiger partial charge in [0.05, 0.1) is 7.11 Å². The van der Waals surface area contributed by atoms with Crippen LogP contribution >= 0.6 is 0 Å². The molecule has 6 heteroatoms. The number of hydrogen-bond donors (Lipinski definition) is 1. The van der Waals surface area contributed by atoms with Gasteiger partial charge in [-0.05, 0) is 42.7 Å². The highest BCUT2D eigenvalue weighted by Crippen LogP contribution is 2.17. The normalized spacial score (nSPS) is 10.4. The lowest BCUT2D eigenvalue weighted by Gasteiger charge is -2.20. The predicted octanol–water partition coefficient (Wildman–Crippen LogP) is 3.80. The topological polar surface area (TPSA) is 67.4 Å². The number of amides is 1. The maximum absolute atomic E-state index is 12.8.